The molecule has 0 aliphatic carbocycles. The van der Waals surface area contributed by atoms with Gasteiger partial charge in [-0.1, -0.05) is 23.4 Å². The first-order valence-corrected chi connectivity index (χ1v) is 5.53. The predicted octanol–water partition coefficient (Wildman–Crippen LogP) is 2.65. The minimum absolute atomic E-state index is 0.0691. The fourth-order valence-electron chi connectivity index (χ4n) is 1.19. The summed E-state index contributed by atoms with van der Waals surface area (Å²) in [4.78, 5) is 11.1. The highest BCUT2D eigenvalue weighted by atomic mass is 35.5. The second kappa shape index (κ2) is 6.82. The van der Waals surface area contributed by atoms with Crippen molar-refractivity contribution in [1.82, 2.24) is 0 Å². The molecule has 0 atom stereocenters. The topological polar surface area (TPSA) is 35.5 Å². The second-order valence-electron chi connectivity index (χ2n) is 3.13. The summed E-state index contributed by atoms with van der Waals surface area (Å²) in [5.74, 6) is 5.84. The zero-order chi connectivity index (χ0) is 12.7. The van der Waals surface area contributed by atoms with Gasteiger partial charge in [0.1, 0.15) is 12.2 Å². The van der Waals surface area contributed by atoms with Gasteiger partial charge in [-0.25, -0.2) is 0 Å². The number of ether oxygens (including phenoxy) is 2. The van der Waals surface area contributed by atoms with Crippen LogP contribution >= 0.6 is 11.6 Å². The van der Waals surface area contributed by atoms with E-state index < -0.39 is 0 Å². The minimum atomic E-state index is -0.326. The number of esters is 1. The molecule has 0 aromatic heterocycles. The molecule has 1 aromatic carbocycles. The summed E-state index contributed by atoms with van der Waals surface area (Å²) in [5.41, 5.74) is 0.696. The van der Waals surface area contributed by atoms with Crippen LogP contribution in [0.4, 0.5) is 0 Å². The Hall–Kier alpha value is -1.66. The monoisotopic (exact) mass is 252 g/mol. The maximum absolute atomic E-state index is 11.1. The number of halogens is 1. The summed E-state index contributed by atoms with van der Waals surface area (Å²) in [6.45, 7) is 2.12. The lowest BCUT2D eigenvalue weighted by atomic mass is 10.2. The molecule has 1 rings (SSSR count). The molecule has 0 saturated heterocycles. The molecule has 3 nitrogen and oxygen atoms in total. The minimum Gasteiger partial charge on any atom is -0.495 e. The van der Waals surface area contributed by atoms with Crippen LogP contribution < -0.4 is 4.74 Å². The van der Waals surface area contributed by atoms with E-state index in [4.69, 9.17) is 21.1 Å². The third-order valence-electron chi connectivity index (χ3n) is 1.92. The average molecular weight is 253 g/mol. The summed E-state index contributed by atoms with van der Waals surface area (Å²) < 4.78 is 9.89. The van der Waals surface area contributed by atoms with Crippen molar-refractivity contribution in [2.24, 2.45) is 0 Å². The first-order chi connectivity index (χ1) is 8.17. The van der Waals surface area contributed by atoms with E-state index in [2.05, 4.69) is 11.8 Å². The van der Waals surface area contributed by atoms with Gasteiger partial charge in [-0.15, -0.1) is 0 Å². The Kier molecular flexibility index (Phi) is 5.38. The summed E-state index contributed by atoms with van der Waals surface area (Å²) in [5, 5.41) is 0.581. The van der Waals surface area contributed by atoms with E-state index in [1.807, 2.05) is 0 Å². The van der Waals surface area contributed by atoms with Gasteiger partial charge in [-0.3, -0.25) is 4.79 Å². The maximum atomic E-state index is 11.1. The first kappa shape index (κ1) is 13.4. The molecule has 0 amide bonds. The molecule has 0 heterocycles. The van der Waals surface area contributed by atoms with Gasteiger partial charge in [0.25, 0.3) is 0 Å². The lowest BCUT2D eigenvalue weighted by molar-refractivity contribution is -0.141. The van der Waals surface area contributed by atoms with Crippen molar-refractivity contribution in [3.05, 3.63) is 28.8 Å². The van der Waals surface area contributed by atoms with Gasteiger partial charge >= 0.3 is 5.97 Å². The van der Waals surface area contributed by atoms with Gasteiger partial charge in [-0.05, 0) is 19.1 Å². The summed E-state index contributed by atoms with van der Waals surface area (Å²) in [7, 11) is 1.54. The Labute approximate surface area is 106 Å². The molecule has 0 N–H and O–H groups in total. The summed E-state index contributed by atoms with van der Waals surface area (Å²) in [6.07, 6.45) is 0.0691. The van der Waals surface area contributed by atoms with E-state index in [0.29, 0.717) is 22.9 Å². The number of carbonyl (C=O) groups excluding carboxylic acids is 1. The van der Waals surface area contributed by atoms with Crippen LogP contribution in [0, 0.1) is 11.8 Å². The molecule has 4 heteroatoms. The normalized spacial score (nSPS) is 9.12. The van der Waals surface area contributed by atoms with Crippen molar-refractivity contribution in [2.45, 2.75) is 13.3 Å². The van der Waals surface area contributed by atoms with Crippen molar-refractivity contribution >= 4 is 17.6 Å². The number of hydrogen-bond acceptors (Lipinski definition) is 3. The van der Waals surface area contributed by atoms with E-state index in [9.17, 15) is 4.79 Å². The Morgan fingerprint density at radius 1 is 1.47 bits per heavy atom. The molecule has 0 aliphatic rings. The lowest BCUT2D eigenvalue weighted by Gasteiger charge is -2.02. The number of carbonyl (C=O) groups is 1. The largest absolute Gasteiger partial charge is 0.495 e. The van der Waals surface area contributed by atoms with Crippen molar-refractivity contribution in [2.75, 3.05) is 13.7 Å². The van der Waals surface area contributed by atoms with Crippen molar-refractivity contribution in [3.8, 4) is 17.6 Å². The molecule has 0 bridgehead atoms. The third-order valence-corrected chi connectivity index (χ3v) is 2.16. The SMILES string of the molecule is CCOC(=O)CC#Cc1ccc(Cl)cc1OC. The predicted molar refractivity (Wildman–Crippen MR) is 66.1 cm³/mol. The van der Waals surface area contributed by atoms with E-state index in [1.54, 1.807) is 32.2 Å². The van der Waals surface area contributed by atoms with E-state index >= 15 is 0 Å². The molecule has 0 spiro atoms. The Bertz CT molecular complexity index is 457. The number of benzene rings is 1. The van der Waals surface area contributed by atoms with Crippen molar-refractivity contribution in [3.63, 3.8) is 0 Å². The fraction of sp³-hybridized carbons (Fsp3) is 0.308. The van der Waals surface area contributed by atoms with E-state index in [-0.39, 0.29) is 12.4 Å². The Balaban J connectivity index is 2.74. The van der Waals surface area contributed by atoms with E-state index in [0.717, 1.165) is 0 Å². The molecule has 0 radical (unpaired) electrons. The molecule has 0 unspecified atom stereocenters. The van der Waals surface area contributed by atoms with Crippen molar-refractivity contribution < 1.29 is 14.3 Å². The smallest absolute Gasteiger partial charge is 0.317 e. The molecule has 0 aliphatic heterocycles. The van der Waals surface area contributed by atoms with Crippen LogP contribution in [-0.2, 0) is 9.53 Å². The Morgan fingerprint density at radius 3 is 2.88 bits per heavy atom. The van der Waals surface area contributed by atoms with Crippen LogP contribution in [0.2, 0.25) is 5.02 Å². The molecule has 17 heavy (non-hydrogen) atoms. The average Bonchev–Trinajstić information content (AvgIpc) is 2.31. The van der Waals surface area contributed by atoms with Crippen molar-refractivity contribution in [1.29, 1.82) is 0 Å². The van der Waals surface area contributed by atoms with Gasteiger partial charge in [-0.2, -0.15) is 0 Å². The maximum Gasteiger partial charge on any atom is 0.317 e. The molecular weight excluding hydrogens is 240 g/mol. The summed E-state index contributed by atoms with van der Waals surface area (Å²) >= 11 is 5.82. The molecule has 0 fully saturated rings. The van der Waals surface area contributed by atoms with Gasteiger partial charge < -0.3 is 9.47 Å². The molecule has 90 valence electrons. The van der Waals surface area contributed by atoms with Gasteiger partial charge in [0.05, 0.1) is 19.3 Å². The van der Waals surface area contributed by atoms with Gasteiger partial charge in [0.2, 0.25) is 0 Å². The number of hydrogen-bond donors (Lipinski definition) is 0. The molecule has 0 saturated carbocycles. The van der Waals surface area contributed by atoms with Crippen LogP contribution in [0.5, 0.6) is 5.75 Å². The zero-order valence-corrected chi connectivity index (χ0v) is 10.5. The van der Waals surface area contributed by atoms with Crippen LogP contribution in [0.3, 0.4) is 0 Å². The first-order valence-electron chi connectivity index (χ1n) is 5.15. The Morgan fingerprint density at radius 2 is 2.24 bits per heavy atom. The fourth-order valence-corrected chi connectivity index (χ4v) is 1.35. The van der Waals surface area contributed by atoms with Crippen LogP contribution in [0.1, 0.15) is 18.9 Å². The lowest BCUT2D eigenvalue weighted by Crippen LogP contribution is -2.01. The zero-order valence-electron chi connectivity index (χ0n) is 9.75. The van der Waals surface area contributed by atoms with Gasteiger partial charge in [0, 0.05) is 11.1 Å². The quantitative estimate of drug-likeness (QED) is 0.613. The van der Waals surface area contributed by atoms with Gasteiger partial charge in [0.15, 0.2) is 0 Å². The third kappa shape index (κ3) is 4.38. The highest BCUT2D eigenvalue weighted by Gasteiger charge is 2.01. The molecular formula is C13H13ClO3. The number of rotatable bonds is 3. The number of methoxy groups -OCH3 is 1. The standard InChI is InChI=1S/C13H13ClO3/c1-3-17-13(15)6-4-5-10-7-8-11(14)9-12(10)16-2/h7-9H,3,6H2,1-2H3. The van der Waals surface area contributed by atoms with Crippen LogP contribution in [-0.4, -0.2) is 19.7 Å². The summed E-state index contributed by atoms with van der Waals surface area (Å²) in [6, 6.07) is 5.15. The highest BCUT2D eigenvalue weighted by molar-refractivity contribution is 6.30. The van der Waals surface area contributed by atoms with E-state index in [1.165, 1.54) is 0 Å². The molecule has 1 aromatic rings. The highest BCUT2D eigenvalue weighted by Crippen LogP contribution is 2.22. The second-order valence-corrected chi connectivity index (χ2v) is 3.56. The van der Waals surface area contributed by atoms with Crippen LogP contribution in [0.15, 0.2) is 18.2 Å². The van der Waals surface area contributed by atoms with Crippen LogP contribution in [0.25, 0.3) is 0 Å².